The van der Waals surface area contributed by atoms with E-state index in [1.165, 1.54) is 11.3 Å². The quantitative estimate of drug-likeness (QED) is 0.746. The Morgan fingerprint density at radius 2 is 1.77 bits per heavy atom. The summed E-state index contributed by atoms with van der Waals surface area (Å²) in [5.74, 6) is -0.840. The zero-order valence-electron chi connectivity index (χ0n) is 7.15. The van der Waals surface area contributed by atoms with Crippen LogP contribution in [0.4, 0.5) is 0 Å². The molecule has 0 atom stereocenters. The first-order valence-electron chi connectivity index (χ1n) is 3.07. The van der Waals surface area contributed by atoms with Crippen LogP contribution in [0.5, 0.6) is 0 Å². The van der Waals surface area contributed by atoms with E-state index in [1.807, 2.05) is 20.5 Å². The molecule has 0 fully saturated rings. The standard InChI is InChI=1S/C6H6O2S.2CH2O/c1-4-2-3-5(9-4)6(7)8;2*1-2/h2-3H,1H3,(H,7,8);2*1H2. The number of carboxylic acid groups (broad SMARTS) is 1. The predicted octanol–water partition coefficient (Wildman–Crippen LogP) is 1.38. The molecule has 0 aliphatic rings. The first-order chi connectivity index (χ1) is 6.20. The number of hydrogen-bond donors (Lipinski definition) is 1. The second-order valence-corrected chi connectivity index (χ2v) is 3.00. The summed E-state index contributed by atoms with van der Waals surface area (Å²) in [6.07, 6.45) is 0. The molecule has 1 rings (SSSR count). The molecule has 1 N–H and O–H groups in total. The number of thiophene rings is 1. The number of aromatic carboxylic acids is 1. The molecule has 0 aromatic carbocycles. The van der Waals surface area contributed by atoms with Crippen molar-refractivity contribution in [2.45, 2.75) is 6.92 Å². The number of carboxylic acids is 1. The van der Waals surface area contributed by atoms with Crippen LogP contribution in [0, 0.1) is 6.92 Å². The molecule has 5 heteroatoms. The second kappa shape index (κ2) is 8.61. The van der Waals surface area contributed by atoms with Gasteiger partial charge < -0.3 is 14.7 Å². The lowest BCUT2D eigenvalue weighted by atomic mass is 10.4. The molecule has 4 nitrogen and oxygen atoms in total. The normalized spacial score (nSPS) is 7.15. The van der Waals surface area contributed by atoms with Gasteiger partial charge in [0.2, 0.25) is 0 Å². The van der Waals surface area contributed by atoms with Gasteiger partial charge in [-0.25, -0.2) is 4.79 Å². The van der Waals surface area contributed by atoms with Crippen LogP contribution in [0.2, 0.25) is 0 Å². The summed E-state index contributed by atoms with van der Waals surface area (Å²) < 4.78 is 0. The summed E-state index contributed by atoms with van der Waals surface area (Å²) in [5, 5.41) is 8.41. The zero-order chi connectivity index (χ0) is 10.9. The highest BCUT2D eigenvalue weighted by Gasteiger charge is 2.02. The molecule has 0 amide bonds. The smallest absolute Gasteiger partial charge is 0.345 e. The molecule has 0 saturated carbocycles. The molecule has 0 aliphatic carbocycles. The van der Waals surface area contributed by atoms with E-state index in [0.717, 1.165) is 4.88 Å². The van der Waals surface area contributed by atoms with Crippen molar-refractivity contribution < 1.29 is 19.5 Å². The molecular weight excluding hydrogens is 192 g/mol. The summed E-state index contributed by atoms with van der Waals surface area (Å²) in [5.41, 5.74) is 0. The lowest BCUT2D eigenvalue weighted by Gasteiger charge is -1.80. The number of carbonyl (C=O) groups is 3. The van der Waals surface area contributed by atoms with Crippen molar-refractivity contribution in [1.82, 2.24) is 0 Å². The van der Waals surface area contributed by atoms with Crippen molar-refractivity contribution in [3.05, 3.63) is 21.9 Å². The Bertz CT molecular complexity index is 254. The van der Waals surface area contributed by atoms with Crippen molar-refractivity contribution in [1.29, 1.82) is 0 Å². The highest BCUT2D eigenvalue weighted by Crippen LogP contribution is 2.13. The summed E-state index contributed by atoms with van der Waals surface area (Å²) >= 11 is 1.30. The van der Waals surface area contributed by atoms with Crippen LogP contribution in [-0.2, 0) is 9.59 Å². The van der Waals surface area contributed by atoms with Crippen molar-refractivity contribution in [3.8, 4) is 0 Å². The molecule has 1 aromatic heterocycles. The summed E-state index contributed by atoms with van der Waals surface area (Å²) in [6, 6.07) is 3.41. The minimum Gasteiger partial charge on any atom is -0.477 e. The second-order valence-electron chi connectivity index (χ2n) is 1.72. The average molecular weight is 202 g/mol. The number of hydrogen-bond acceptors (Lipinski definition) is 4. The van der Waals surface area contributed by atoms with Crippen LogP contribution in [0.15, 0.2) is 12.1 Å². The van der Waals surface area contributed by atoms with Gasteiger partial charge in [0.25, 0.3) is 0 Å². The van der Waals surface area contributed by atoms with Gasteiger partial charge in [-0.15, -0.1) is 11.3 Å². The third kappa shape index (κ3) is 5.75. The minimum absolute atomic E-state index is 0.410. The van der Waals surface area contributed by atoms with Gasteiger partial charge in [0.05, 0.1) is 0 Å². The molecular formula is C8H10O4S. The van der Waals surface area contributed by atoms with Crippen LogP contribution >= 0.6 is 11.3 Å². The lowest BCUT2D eigenvalue weighted by molar-refractivity contribution is -0.0987. The van der Waals surface area contributed by atoms with Crippen LogP contribution in [0.25, 0.3) is 0 Å². The molecule has 13 heavy (non-hydrogen) atoms. The maximum Gasteiger partial charge on any atom is 0.345 e. The minimum atomic E-state index is -0.840. The first kappa shape index (κ1) is 14.1. The summed E-state index contributed by atoms with van der Waals surface area (Å²) in [4.78, 5) is 27.7. The third-order valence-corrected chi connectivity index (χ3v) is 1.94. The van der Waals surface area contributed by atoms with Gasteiger partial charge in [-0.05, 0) is 19.1 Å². The van der Waals surface area contributed by atoms with Gasteiger partial charge in [-0.2, -0.15) is 0 Å². The Labute approximate surface area is 79.8 Å². The van der Waals surface area contributed by atoms with Crippen LogP contribution in [-0.4, -0.2) is 24.7 Å². The Kier molecular flexibility index (Phi) is 9.31. The average Bonchev–Trinajstić information content (AvgIpc) is 2.59. The Morgan fingerprint density at radius 3 is 1.92 bits per heavy atom. The first-order valence-corrected chi connectivity index (χ1v) is 3.89. The highest BCUT2D eigenvalue weighted by molar-refractivity contribution is 7.13. The summed E-state index contributed by atoms with van der Waals surface area (Å²) in [6.45, 7) is 5.89. The van der Waals surface area contributed by atoms with E-state index in [4.69, 9.17) is 14.7 Å². The van der Waals surface area contributed by atoms with Gasteiger partial charge in [0.15, 0.2) is 0 Å². The lowest BCUT2D eigenvalue weighted by Crippen LogP contribution is -1.89. The van der Waals surface area contributed by atoms with E-state index in [0.29, 0.717) is 4.88 Å². The largest absolute Gasteiger partial charge is 0.477 e. The molecule has 1 aromatic rings. The van der Waals surface area contributed by atoms with Crippen molar-refractivity contribution in [2.24, 2.45) is 0 Å². The maximum atomic E-state index is 10.2. The van der Waals surface area contributed by atoms with Crippen molar-refractivity contribution >= 4 is 30.9 Å². The van der Waals surface area contributed by atoms with Crippen LogP contribution in [0.3, 0.4) is 0 Å². The molecule has 72 valence electrons. The predicted molar refractivity (Wildman–Crippen MR) is 50.3 cm³/mol. The third-order valence-electron chi connectivity index (χ3n) is 0.951. The van der Waals surface area contributed by atoms with E-state index >= 15 is 0 Å². The van der Waals surface area contributed by atoms with E-state index < -0.39 is 5.97 Å². The Hall–Kier alpha value is -1.49. The van der Waals surface area contributed by atoms with E-state index in [1.54, 1.807) is 12.1 Å². The molecule has 0 aliphatic heterocycles. The zero-order valence-corrected chi connectivity index (χ0v) is 7.97. The highest BCUT2D eigenvalue weighted by atomic mass is 32.1. The van der Waals surface area contributed by atoms with E-state index in [2.05, 4.69) is 0 Å². The van der Waals surface area contributed by atoms with Gasteiger partial charge in [-0.3, -0.25) is 0 Å². The number of aryl methyl sites for hydroxylation is 1. The van der Waals surface area contributed by atoms with Gasteiger partial charge in [0.1, 0.15) is 18.5 Å². The number of rotatable bonds is 1. The fraction of sp³-hybridized carbons (Fsp3) is 0.125. The fourth-order valence-electron chi connectivity index (χ4n) is 0.549. The van der Waals surface area contributed by atoms with E-state index in [-0.39, 0.29) is 0 Å². The molecule has 0 radical (unpaired) electrons. The maximum absolute atomic E-state index is 10.2. The molecule has 1 heterocycles. The van der Waals surface area contributed by atoms with Crippen molar-refractivity contribution in [3.63, 3.8) is 0 Å². The van der Waals surface area contributed by atoms with Crippen LogP contribution in [0.1, 0.15) is 14.5 Å². The Morgan fingerprint density at radius 1 is 1.31 bits per heavy atom. The fourth-order valence-corrected chi connectivity index (χ4v) is 1.26. The van der Waals surface area contributed by atoms with Crippen molar-refractivity contribution in [2.75, 3.05) is 0 Å². The molecule has 0 spiro atoms. The number of carbonyl (C=O) groups excluding carboxylic acids is 2. The van der Waals surface area contributed by atoms with Gasteiger partial charge in [0, 0.05) is 4.88 Å². The van der Waals surface area contributed by atoms with Gasteiger partial charge in [-0.1, -0.05) is 0 Å². The molecule has 0 unspecified atom stereocenters. The summed E-state index contributed by atoms with van der Waals surface area (Å²) in [7, 11) is 0. The Balaban J connectivity index is 0. The van der Waals surface area contributed by atoms with Crippen LogP contribution < -0.4 is 0 Å². The molecule has 0 saturated heterocycles. The van der Waals surface area contributed by atoms with E-state index in [9.17, 15) is 4.79 Å². The van der Waals surface area contributed by atoms with Gasteiger partial charge >= 0.3 is 5.97 Å². The SMILES string of the molecule is C=O.C=O.Cc1ccc(C(=O)O)s1. The topological polar surface area (TPSA) is 71.4 Å². The monoisotopic (exact) mass is 202 g/mol. The molecule has 0 bridgehead atoms.